The van der Waals surface area contributed by atoms with E-state index in [0.29, 0.717) is 6.04 Å². The molecular weight excluding hydrogens is 218 g/mol. The zero-order valence-electron chi connectivity index (χ0n) is 11.4. The van der Waals surface area contributed by atoms with Gasteiger partial charge in [-0.15, -0.1) is 0 Å². The van der Waals surface area contributed by atoms with Crippen LogP contribution in [0.5, 0.6) is 0 Å². The van der Waals surface area contributed by atoms with E-state index in [4.69, 9.17) is 0 Å². The van der Waals surface area contributed by atoms with Crippen LogP contribution in [0.25, 0.3) is 0 Å². The lowest BCUT2D eigenvalue weighted by molar-refractivity contribution is 0.882. The van der Waals surface area contributed by atoms with Crippen LogP contribution in [-0.4, -0.2) is 0 Å². The van der Waals surface area contributed by atoms with Crippen LogP contribution in [-0.2, 0) is 6.42 Å². The van der Waals surface area contributed by atoms with E-state index in [1.54, 1.807) is 0 Å². The molecule has 0 aliphatic rings. The minimum absolute atomic E-state index is 0.331. The number of rotatable bonds is 4. The lowest BCUT2D eigenvalue weighted by atomic mass is 10.1. The Kier molecular flexibility index (Phi) is 4.03. The first-order chi connectivity index (χ1) is 8.69. The SMILES string of the molecule is CCc1cccc(NC(C)c2cccc(C)c2)c1. The third-order valence-electron chi connectivity index (χ3n) is 3.26. The maximum atomic E-state index is 3.56. The highest BCUT2D eigenvalue weighted by Crippen LogP contribution is 2.20. The molecule has 0 saturated carbocycles. The first-order valence-corrected chi connectivity index (χ1v) is 6.61. The van der Waals surface area contributed by atoms with Crippen LogP contribution < -0.4 is 5.32 Å². The van der Waals surface area contributed by atoms with E-state index < -0.39 is 0 Å². The van der Waals surface area contributed by atoms with E-state index in [1.165, 1.54) is 22.4 Å². The van der Waals surface area contributed by atoms with Gasteiger partial charge in [-0.2, -0.15) is 0 Å². The second kappa shape index (κ2) is 5.72. The predicted octanol–water partition coefficient (Wildman–Crippen LogP) is 4.73. The molecule has 2 aromatic carbocycles. The Labute approximate surface area is 110 Å². The van der Waals surface area contributed by atoms with Gasteiger partial charge in [0.15, 0.2) is 0 Å². The number of aryl methyl sites for hydroxylation is 2. The van der Waals surface area contributed by atoms with E-state index in [0.717, 1.165) is 6.42 Å². The summed E-state index contributed by atoms with van der Waals surface area (Å²) in [5, 5.41) is 3.56. The molecule has 1 heteroatoms. The lowest BCUT2D eigenvalue weighted by Crippen LogP contribution is -2.06. The maximum Gasteiger partial charge on any atom is 0.0485 e. The van der Waals surface area contributed by atoms with Crippen molar-refractivity contribution in [1.29, 1.82) is 0 Å². The Hall–Kier alpha value is -1.76. The zero-order chi connectivity index (χ0) is 13.0. The summed E-state index contributed by atoms with van der Waals surface area (Å²) in [4.78, 5) is 0. The van der Waals surface area contributed by atoms with Gasteiger partial charge in [0.1, 0.15) is 0 Å². The molecule has 18 heavy (non-hydrogen) atoms. The first kappa shape index (κ1) is 12.7. The van der Waals surface area contributed by atoms with E-state index in [9.17, 15) is 0 Å². The minimum Gasteiger partial charge on any atom is -0.379 e. The molecule has 0 radical (unpaired) electrons. The van der Waals surface area contributed by atoms with Crippen molar-refractivity contribution >= 4 is 5.69 Å². The predicted molar refractivity (Wildman–Crippen MR) is 79.0 cm³/mol. The smallest absolute Gasteiger partial charge is 0.0485 e. The molecule has 1 atom stereocenters. The van der Waals surface area contributed by atoms with E-state index in [1.807, 2.05) is 0 Å². The Morgan fingerprint density at radius 2 is 1.83 bits per heavy atom. The Bertz CT molecular complexity index is 517. The van der Waals surface area contributed by atoms with Crippen molar-refractivity contribution in [1.82, 2.24) is 0 Å². The lowest BCUT2D eigenvalue weighted by Gasteiger charge is -2.16. The highest BCUT2D eigenvalue weighted by atomic mass is 14.9. The molecule has 1 nitrogen and oxygen atoms in total. The van der Waals surface area contributed by atoms with Crippen LogP contribution >= 0.6 is 0 Å². The zero-order valence-corrected chi connectivity index (χ0v) is 11.4. The molecule has 0 aliphatic carbocycles. The molecular formula is C17H21N. The summed E-state index contributed by atoms with van der Waals surface area (Å²) in [5.74, 6) is 0. The molecule has 1 unspecified atom stereocenters. The van der Waals surface area contributed by atoms with Gasteiger partial charge in [0.25, 0.3) is 0 Å². The summed E-state index contributed by atoms with van der Waals surface area (Å²) >= 11 is 0. The van der Waals surface area contributed by atoms with Gasteiger partial charge in [-0.25, -0.2) is 0 Å². The fourth-order valence-corrected chi connectivity index (χ4v) is 2.15. The largest absolute Gasteiger partial charge is 0.379 e. The molecule has 94 valence electrons. The maximum absolute atomic E-state index is 3.56. The number of benzene rings is 2. The summed E-state index contributed by atoms with van der Waals surface area (Å²) < 4.78 is 0. The molecule has 2 rings (SSSR count). The van der Waals surface area contributed by atoms with Gasteiger partial charge in [-0.1, -0.05) is 48.9 Å². The summed E-state index contributed by atoms with van der Waals surface area (Å²) in [6, 6.07) is 17.6. The molecule has 2 aromatic rings. The minimum atomic E-state index is 0.331. The van der Waals surface area contributed by atoms with Gasteiger partial charge in [0.2, 0.25) is 0 Å². The second-order valence-electron chi connectivity index (χ2n) is 4.83. The molecule has 0 saturated heterocycles. The summed E-state index contributed by atoms with van der Waals surface area (Å²) in [6.45, 7) is 6.52. The van der Waals surface area contributed by atoms with Gasteiger partial charge in [-0.3, -0.25) is 0 Å². The van der Waals surface area contributed by atoms with Crippen molar-refractivity contribution in [3.8, 4) is 0 Å². The average molecular weight is 239 g/mol. The van der Waals surface area contributed by atoms with Crippen LogP contribution in [0.15, 0.2) is 48.5 Å². The first-order valence-electron chi connectivity index (χ1n) is 6.61. The van der Waals surface area contributed by atoms with E-state index in [-0.39, 0.29) is 0 Å². The molecule has 0 heterocycles. The molecule has 0 aromatic heterocycles. The van der Waals surface area contributed by atoms with Gasteiger partial charge in [0, 0.05) is 11.7 Å². The quantitative estimate of drug-likeness (QED) is 0.813. The molecule has 1 N–H and O–H groups in total. The number of anilines is 1. The van der Waals surface area contributed by atoms with Gasteiger partial charge in [-0.05, 0) is 43.5 Å². The third kappa shape index (κ3) is 3.13. The number of hydrogen-bond acceptors (Lipinski definition) is 1. The average Bonchev–Trinajstić information content (AvgIpc) is 2.39. The van der Waals surface area contributed by atoms with E-state index in [2.05, 4.69) is 74.6 Å². The van der Waals surface area contributed by atoms with Crippen molar-refractivity contribution in [2.45, 2.75) is 33.2 Å². The summed E-state index contributed by atoms with van der Waals surface area (Å²) in [7, 11) is 0. The standard InChI is InChI=1S/C17H21N/c1-4-15-8-6-10-17(12-15)18-14(3)16-9-5-7-13(2)11-16/h5-12,14,18H,4H2,1-3H3. The van der Waals surface area contributed by atoms with Crippen LogP contribution in [0.1, 0.15) is 36.6 Å². The monoisotopic (exact) mass is 239 g/mol. The fraction of sp³-hybridized carbons (Fsp3) is 0.294. The van der Waals surface area contributed by atoms with Gasteiger partial charge < -0.3 is 5.32 Å². The molecule has 0 amide bonds. The van der Waals surface area contributed by atoms with E-state index >= 15 is 0 Å². The molecule has 0 spiro atoms. The van der Waals surface area contributed by atoms with Crippen molar-refractivity contribution in [2.75, 3.05) is 5.32 Å². The number of hydrogen-bond donors (Lipinski definition) is 1. The highest BCUT2D eigenvalue weighted by molar-refractivity contribution is 5.47. The third-order valence-corrected chi connectivity index (χ3v) is 3.26. The normalized spacial score (nSPS) is 12.2. The van der Waals surface area contributed by atoms with Crippen LogP contribution in [0, 0.1) is 6.92 Å². The number of nitrogens with one attached hydrogen (secondary N) is 1. The van der Waals surface area contributed by atoms with Gasteiger partial charge in [0.05, 0.1) is 0 Å². The summed E-state index contributed by atoms with van der Waals surface area (Å²) in [6.07, 6.45) is 1.08. The van der Waals surface area contributed by atoms with Crippen molar-refractivity contribution in [3.05, 3.63) is 65.2 Å². The van der Waals surface area contributed by atoms with Crippen molar-refractivity contribution < 1.29 is 0 Å². The summed E-state index contributed by atoms with van der Waals surface area (Å²) in [5.41, 5.74) is 5.21. The highest BCUT2D eigenvalue weighted by Gasteiger charge is 2.05. The topological polar surface area (TPSA) is 12.0 Å². The fourth-order valence-electron chi connectivity index (χ4n) is 2.15. The molecule has 0 aliphatic heterocycles. The molecule has 0 fully saturated rings. The van der Waals surface area contributed by atoms with Crippen LogP contribution in [0.4, 0.5) is 5.69 Å². The van der Waals surface area contributed by atoms with Crippen LogP contribution in [0.3, 0.4) is 0 Å². The van der Waals surface area contributed by atoms with Crippen LogP contribution in [0.2, 0.25) is 0 Å². The van der Waals surface area contributed by atoms with Crippen molar-refractivity contribution in [2.24, 2.45) is 0 Å². The van der Waals surface area contributed by atoms with Crippen molar-refractivity contribution in [3.63, 3.8) is 0 Å². The Balaban J connectivity index is 2.13. The second-order valence-corrected chi connectivity index (χ2v) is 4.83. The Morgan fingerprint density at radius 1 is 1.06 bits per heavy atom. The Morgan fingerprint density at radius 3 is 2.56 bits per heavy atom. The molecule has 0 bridgehead atoms. The van der Waals surface area contributed by atoms with Gasteiger partial charge >= 0.3 is 0 Å².